The number of nitrogens with one attached hydrogen (secondary N) is 2. The van der Waals surface area contributed by atoms with Crippen LogP contribution in [0.5, 0.6) is 11.5 Å². The van der Waals surface area contributed by atoms with E-state index < -0.39 is 15.9 Å². The molecule has 0 aliphatic heterocycles. The molecule has 2 N–H and O–H groups in total. The van der Waals surface area contributed by atoms with Crippen molar-refractivity contribution in [3.05, 3.63) is 47.5 Å². The van der Waals surface area contributed by atoms with Crippen LogP contribution in [0.2, 0.25) is 5.02 Å². The topological polar surface area (TPSA) is 93.7 Å². The fourth-order valence-corrected chi connectivity index (χ4v) is 3.43. The lowest BCUT2D eigenvalue weighted by atomic mass is 10.3. The molecule has 0 radical (unpaired) electrons. The summed E-state index contributed by atoms with van der Waals surface area (Å²) in [5, 5.41) is 5.65. The van der Waals surface area contributed by atoms with Gasteiger partial charge < -0.3 is 20.1 Å². The number of ether oxygens (including phenoxy) is 2. The minimum absolute atomic E-state index is 0.0455. The van der Waals surface area contributed by atoms with Crippen LogP contribution >= 0.6 is 11.6 Å². The van der Waals surface area contributed by atoms with Gasteiger partial charge in [0.15, 0.2) is 21.3 Å². The van der Waals surface area contributed by atoms with Crippen LogP contribution in [-0.4, -0.2) is 41.0 Å². The fourth-order valence-electron chi connectivity index (χ4n) is 2.14. The number of rotatable bonds is 7. The van der Waals surface area contributed by atoms with Gasteiger partial charge in [0.1, 0.15) is 0 Å². The van der Waals surface area contributed by atoms with Crippen LogP contribution in [0.1, 0.15) is 0 Å². The van der Waals surface area contributed by atoms with E-state index in [0.29, 0.717) is 22.2 Å². The molecule has 0 spiro atoms. The summed E-state index contributed by atoms with van der Waals surface area (Å²) in [7, 11) is -0.693. The van der Waals surface area contributed by atoms with Crippen molar-refractivity contribution in [1.29, 1.82) is 0 Å². The third kappa shape index (κ3) is 5.27. The summed E-state index contributed by atoms with van der Waals surface area (Å²) in [4.78, 5) is 11.9. The zero-order chi connectivity index (χ0) is 19.2. The molecule has 0 heterocycles. The minimum atomic E-state index is -3.59. The smallest absolute Gasteiger partial charge is 0.319 e. The van der Waals surface area contributed by atoms with Crippen molar-refractivity contribution in [3.8, 4) is 11.5 Å². The van der Waals surface area contributed by atoms with E-state index in [1.807, 2.05) is 0 Å². The van der Waals surface area contributed by atoms with Gasteiger partial charge in [-0.05, 0) is 36.4 Å². The number of anilines is 1. The quantitative estimate of drug-likeness (QED) is 0.747. The Morgan fingerprint density at radius 3 is 2.31 bits per heavy atom. The first-order chi connectivity index (χ1) is 12.4. The Hall–Kier alpha value is -2.45. The Balaban J connectivity index is 1.93. The standard InChI is InChI=1S/C17H19ClN2O5S/c1-24-15-8-7-14(11-16(15)25-2)26(22,23)10-9-19-17(21)20-13-5-3-12(18)4-6-13/h3-8,11H,9-10H2,1-2H3,(H2,19,20,21). The second kappa shape index (κ2) is 8.77. The van der Waals surface area contributed by atoms with Gasteiger partial charge in [-0.3, -0.25) is 0 Å². The largest absolute Gasteiger partial charge is 0.493 e. The molecule has 0 bridgehead atoms. The van der Waals surface area contributed by atoms with Crippen LogP contribution in [0.3, 0.4) is 0 Å². The normalized spacial score (nSPS) is 10.9. The molecule has 2 aromatic rings. The summed E-state index contributed by atoms with van der Waals surface area (Å²) in [6, 6.07) is 10.4. The van der Waals surface area contributed by atoms with Gasteiger partial charge in [-0.2, -0.15) is 0 Å². The SMILES string of the molecule is COc1ccc(S(=O)(=O)CCNC(=O)Nc2ccc(Cl)cc2)cc1OC. The van der Waals surface area contributed by atoms with Gasteiger partial charge >= 0.3 is 6.03 Å². The zero-order valence-electron chi connectivity index (χ0n) is 14.3. The number of carbonyl (C=O) groups excluding carboxylic acids is 1. The lowest BCUT2D eigenvalue weighted by molar-refractivity contribution is 0.252. The molecule has 2 rings (SSSR count). The first-order valence-corrected chi connectivity index (χ1v) is 9.64. The van der Waals surface area contributed by atoms with Crippen LogP contribution in [-0.2, 0) is 9.84 Å². The molecule has 2 aromatic carbocycles. The summed E-state index contributed by atoms with van der Waals surface area (Å²) in [5.41, 5.74) is 0.551. The molecule has 0 aromatic heterocycles. The van der Waals surface area contributed by atoms with Gasteiger partial charge in [0.25, 0.3) is 0 Å². The fraction of sp³-hybridized carbons (Fsp3) is 0.235. The highest BCUT2D eigenvalue weighted by Gasteiger charge is 2.17. The number of methoxy groups -OCH3 is 2. The first-order valence-electron chi connectivity index (χ1n) is 7.61. The molecule has 0 unspecified atom stereocenters. The van der Waals surface area contributed by atoms with E-state index in [1.165, 1.54) is 32.4 Å². The number of urea groups is 1. The lowest BCUT2D eigenvalue weighted by Gasteiger charge is -2.11. The highest BCUT2D eigenvalue weighted by atomic mass is 35.5. The van der Waals surface area contributed by atoms with Crippen LogP contribution in [0, 0.1) is 0 Å². The molecule has 7 nitrogen and oxygen atoms in total. The van der Waals surface area contributed by atoms with Gasteiger partial charge in [-0.25, -0.2) is 13.2 Å². The maximum Gasteiger partial charge on any atom is 0.319 e. The van der Waals surface area contributed by atoms with E-state index in [0.717, 1.165) is 0 Å². The Labute approximate surface area is 157 Å². The molecule has 140 valence electrons. The number of benzene rings is 2. The highest BCUT2D eigenvalue weighted by Crippen LogP contribution is 2.29. The third-order valence-electron chi connectivity index (χ3n) is 3.47. The third-order valence-corrected chi connectivity index (χ3v) is 5.44. The monoisotopic (exact) mass is 398 g/mol. The molecule has 0 aliphatic carbocycles. The van der Waals surface area contributed by atoms with Gasteiger partial charge in [-0.15, -0.1) is 0 Å². The molecular formula is C17H19ClN2O5S. The minimum Gasteiger partial charge on any atom is -0.493 e. The highest BCUT2D eigenvalue weighted by molar-refractivity contribution is 7.91. The van der Waals surface area contributed by atoms with Crippen molar-refractivity contribution in [2.24, 2.45) is 0 Å². The summed E-state index contributed by atoms with van der Waals surface area (Å²) >= 11 is 5.77. The Morgan fingerprint density at radius 1 is 1.04 bits per heavy atom. The van der Waals surface area contributed by atoms with Crippen molar-refractivity contribution in [3.63, 3.8) is 0 Å². The maximum absolute atomic E-state index is 12.4. The number of amides is 2. The summed E-state index contributed by atoms with van der Waals surface area (Å²) in [6.07, 6.45) is 0. The van der Waals surface area contributed by atoms with E-state index in [4.69, 9.17) is 21.1 Å². The van der Waals surface area contributed by atoms with Crippen LogP contribution in [0.4, 0.5) is 10.5 Å². The average Bonchev–Trinajstić information content (AvgIpc) is 2.62. The number of sulfone groups is 1. The maximum atomic E-state index is 12.4. The van der Waals surface area contributed by atoms with Crippen LogP contribution < -0.4 is 20.1 Å². The van der Waals surface area contributed by atoms with Crippen LogP contribution in [0.15, 0.2) is 47.4 Å². The molecule has 0 saturated carbocycles. The molecule has 0 atom stereocenters. The van der Waals surface area contributed by atoms with Gasteiger partial charge in [0.05, 0.1) is 24.9 Å². The molecule has 9 heteroatoms. The Morgan fingerprint density at radius 2 is 1.69 bits per heavy atom. The van der Waals surface area contributed by atoms with Crippen molar-refractivity contribution in [2.75, 3.05) is 31.8 Å². The van der Waals surface area contributed by atoms with Crippen molar-refractivity contribution < 1.29 is 22.7 Å². The number of hydrogen-bond acceptors (Lipinski definition) is 5. The van der Waals surface area contributed by atoms with E-state index >= 15 is 0 Å². The van der Waals surface area contributed by atoms with Crippen molar-refractivity contribution >= 4 is 33.2 Å². The van der Waals surface area contributed by atoms with Gasteiger partial charge in [-0.1, -0.05) is 11.6 Å². The average molecular weight is 399 g/mol. The lowest BCUT2D eigenvalue weighted by Crippen LogP contribution is -2.32. The van der Waals surface area contributed by atoms with E-state index in [1.54, 1.807) is 24.3 Å². The molecule has 0 fully saturated rings. The number of hydrogen-bond donors (Lipinski definition) is 2. The van der Waals surface area contributed by atoms with Crippen molar-refractivity contribution in [2.45, 2.75) is 4.90 Å². The van der Waals surface area contributed by atoms with E-state index in [2.05, 4.69) is 10.6 Å². The molecule has 26 heavy (non-hydrogen) atoms. The number of carbonyl (C=O) groups is 1. The van der Waals surface area contributed by atoms with Crippen molar-refractivity contribution in [1.82, 2.24) is 5.32 Å². The molecular weight excluding hydrogens is 380 g/mol. The Kier molecular flexibility index (Phi) is 6.70. The molecule has 0 aliphatic rings. The summed E-state index contributed by atoms with van der Waals surface area (Å²) in [5.74, 6) is 0.505. The predicted octanol–water partition coefficient (Wildman–Crippen LogP) is 2.95. The predicted molar refractivity (Wildman–Crippen MR) is 100 cm³/mol. The van der Waals surface area contributed by atoms with Gasteiger partial charge in [0, 0.05) is 23.3 Å². The van der Waals surface area contributed by atoms with Crippen LogP contribution in [0.25, 0.3) is 0 Å². The second-order valence-corrected chi connectivity index (χ2v) is 7.77. The van der Waals surface area contributed by atoms with Gasteiger partial charge in [0.2, 0.25) is 0 Å². The van der Waals surface area contributed by atoms with E-state index in [9.17, 15) is 13.2 Å². The first kappa shape index (κ1) is 19.9. The van der Waals surface area contributed by atoms with E-state index in [-0.39, 0.29) is 17.2 Å². The Bertz CT molecular complexity index is 869. The zero-order valence-corrected chi connectivity index (χ0v) is 15.9. The number of halogens is 1. The summed E-state index contributed by atoms with van der Waals surface area (Å²) < 4.78 is 35.0. The second-order valence-electron chi connectivity index (χ2n) is 5.22. The molecule has 0 saturated heterocycles. The molecule has 2 amide bonds. The summed E-state index contributed by atoms with van der Waals surface area (Å²) in [6.45, 7) is -0.0455.